The van der Waals surface area contributed by atoms with Gasteiger partial charge in [-0.3, -0.25) is 10.1 Å². The van der Waals surface area contributed by atoms with Crippen molar-refractivity contribution in [3.63, 3.8) is 0 Å². The minimum absolute atomic E-state index is 0.0116. The Morgan fingerprint density at radius 2 is 2.12 bits per heavy atom. The van der Waals surface area contributed by atoms with Gasteiger partial charge in [-0.1, -0.05) is 11.6 Å². The molecule has 0 aromatic carbocycles. The van der Waals surface area contributed by atoms with Crippen LogP contribution >= 0.6 is 34.7 Å². The molecule has 0 spiro atoms. The van der Waals surface area contributed by atoms with Gasteiger partial charge in [-0.15, -0.1) is 0 Å². The number of rotatable bonds is 3. The van der Waals surface area contributed by atoms with Crippen molar-refractivity contribution in [1.82, 2.24) is 15.0 Å². The van der Waals surface area contributed by atoms with Crippen LogP contribution in [0.15, 0.2) is 28.0 Å². The molecule has 0 amide bonds. The maximum atomic E-state index is 10.4. The molecule has 0 saturated heterocycles. The van der Waals surface area contributed by atoms with Crippen LogP contribution in [0.1, 0.15) is 0 Å². The first-order valence-electron chi connectivity index (χ1n) is 3.91. The Kier molecular flexibility index (Phi) is 3.32. The van der Waals surface area contributed by atoms with Crippen LogP contribution in [0.2, 0.25) is 5.15 Å². The molecule has 2 heterocycles. The summed E-state index contributed by atoms with van der Waals surface area (Å²) in [6.45, 7) is 0. The Labute approximate surface area is 103 Å². The van der Waals surface area contributed by atoms with Crippen LogP contribution < -0.4 is 0 Å². The smallest absolute Gasteiger partial charge is 0.257 e. The fourth-order valence-corrected chi connectivity index (χ4v) is 2.71. The lowest BCUT2D eigenvalue weighted by molar-refractivity contribution is -0.380. The zero-order valence-corrected chi connectivity index (χ0v) is 9.92. The molecule has 0 atom stereocenters. The van der Waals surface area contributed by atoms with Crippen LogP contribution in [-0.4, -0.2) is 19.9 Å². The highest BCUT2D eigenvalue weighted by Crippen LogP contribution is 2.35. The Morgan fingerprint density at radius 1 is 1.38 bits per heavy atom. The summed E-state index contributed by atoms with van der Waals surface area (Å²) in [7, 11) is 0. The molecular formula is C7H3ClN4O2S2. The van der Waals surface area contributed by atoms with Gasteiger partial charge in [0.25, 0.3) is 0 Å². The molecule has 0 N–H and O–H groups in total. The van der Waals surface area contributed by atoms with Crippen molar-refractivity contribution in [3.05, 3.63) is 33.9 Å². The maximum Gasteiger partial charge on any atom is 0.344 e. The fourth-order valence-electron chi connectivity index (χ4n) is 0.841. The lowest BCUT2D eigenvalue weighted by Gasteiger charge is -1.96. The summed E-state index contributed by atoms with van der Waals surface area (Å²) >= 11 is 7.91. The molecule has 0 aliphatic rings. The molecule has 0 radical (unpaired) electrons. The van der Waals surface area contributed by atoms with Crippen LogP contribution in [0, 0.1) is 10.1 Å². The van der Waals surface area contributed by atoms with Gasteiger partial charge in [0, 0.05) is 12.4 Å². The zero-order chi connectivity index (χ0) is 11.5. The number of nitro groups is 1. The van der Waals surface area contributed by atoms with Crippen LogP contribution in [0.3, 0.4) is 0 Å². The van der Waals surface area contributed by atoms with E-state index in [1.54, 1.807) is 0 Å². The number of nitrogens with zero attached hydrogens (tertiary/aromatic N) is 4. The van der Waals surface area contributed by atoms with Crippen molar-refractivity contribution < 1.29 is 4.92 Å². The van der Waals surface area contributed by atoms with Crippen molar-refractivity contribution in [3.8, 4) is 0 Å². The van der Waals surface area contributed by atoms with E-state index in [-0.39, 0.29) is 10.2 Å². The predicted molar refractivity (Wildman–Crippen MR) is 59.9 cm³/mol. The Morgan fingerprint density at radius 3 is 2.75 bits per heavy atom. The second-order valence-electron chi connectivity index (χ2n) is 2.48. The van der Waals surface area contributed by atoms with Gasteiger partial charge < -0.3 is 0 Å². The van der Waals surface area contributed by atoms with Crippen LogP contribution in [-0.2, 0) is 0 Å². The summed E-state index contributed by atoms with van der Waals surface area (Å²) in [5, 5.41) is 11.2. The van der Waals surface area contributed by atoms with Gasteiger partial charge >= 0.3 is 5.00 Å². The molecule has 2 aromatic rings. The summed E-state index contributed by atoms with van der Waals surface area (Å²) in [5.41, 5.74) is 0. The van der Waals surface area contributed by atoms with E-state index in [1.165, 1.54) is 18.6 Å². The number of thiazole rings is 1. The van der Waals surface area contributed by atoms with Crippen molar-refractivity contribution in [2.75, 3.05) is 0 Å². The molecule has 82 valence electrons. The van der Waals surface area contributed by atoms with E-state index in [1.807, 2.05) is 0 Å². The Hall–Kier alpha value is -1.25. The maximum absolute atomic E-state index is 10.4. The Bertz CT molecular complexity index is 533. The third-order valence-corrected chi connectivity index (χ3v) is 3.86. The van der Waals surface area contributed by atoms with Gasteiger partial charge in [-0.05, 0) is 23.1 Å². The predicted octanol–water partition coefficient (Wildman–Crippen LogP) is 2.65. The minimum atomic E-state index is -0.486. The molecule has 2 aromatic heterocycles. The highest BCUT2D eigenvalue weighted by Gasteiger charge is 2.14. The molecule has 0 fully saturated rings. The molecule has 16 heavy (non-hydrogen) atoms. The topological polar surface area (TPSA) is 81.8 Å². The summed E-state index contributed by atoms with van der Waals surface area (Å²) < 4.78 is 0.508. The second kappa shape index (κ2) is 4.73. The summed E-state index contributed by atoms with van der Waals surface area (Å²) in [5.74, 6) is 0. The first-order chi connectivity index (χ1) is 7.66. The normalized spacial score (nSPS) is 10.3. The number of hydrogen-bond donors (Lipinski definition) is 0. The molecule has 0 aliphatic heterocycles. The highest BCUT2D eigenvalue weighted by atomic mass is 35.5. The monoisotopic (exact) mass is 274 g/mol. The summed E-state index contributed by atoms with van der Waals surface area (Å²) in [6, 6.07) is 0. The largest absolute Gasteiger partial charge is 0.344 e. The molecule has 6 nitrogen and oxygen atoms in total. The van der Waals surface area contributed by atoms with E-state index in [0.717, 1.165) is 23.1 Å². The molecule has 0 bridgehead atoms. The van der Waals surface area contributed by atoms with Crippen molar-refractivity contribution >= 4 is 39.7 Å². The second-order valence-corrected chi connectivity index (χ2v) is 5.08. The van der Waals surface area contributed by atoms with Crippen molar-refractivity contribution in [2.24, 2.45) is 0 Å². The van der Waals surface area contributed by atoms with E-state index in [0.29, 0.717) is 9.37 Å². The highest BCUT2D eigenvalue weighted by molar-refractivity contribution is 8.01. The van der Waals surface area contributed by atoms with Gasteiger partial charge in [0.05, 0.1) is 4.92 Å². The first kappa shape index (κ1) is 11.2. The van der Waals surface area contributed by atoms with Gasteiger partial charge in [0.15, 0.2) is 9.49 Å². The third kappa shape index (κ3) is 2.46. The SMILES string of the molecule is O=[N+]([O-])c1cnc(Sc2nccnc2Cl)s1. The third-order valence-electron chi connectivity index (χ3n) is 1.46. The zero-order valence-electron chi connectivity index (χ0n) is 7.53. The van der Waals surface area contributed by atoms with Gasteiger partial charge in [0.1, 0.15) is 11.2 Å². The van der Waals surface area contributed by atoms with E-state index < -0.39 is 4.92 Å². The van der Waals surface area contributed by atoms with E-state index in [9.17, 15) is 10.1 Å². The van der Waals surface area contributed by atoms with E-state index in [4.69, 9.17) is 11.6 Å². The van der Waals surface area contributed by atoms with Crippen LogP contribution in [0.4, 0.5) is 5.00 Å². The average Bonchev–Trinajstić information content (AvgIpc) is 2.70. The molecule has 0 saturated carbocycles. The van der Waals surface area contributed by atoms with Gasteiger partial charge in [0.2, 0.25) is 0 Å². The first-order valence-corrected chi connectivity index (χ1v) is 5.92. The molecule has 0 aliphatic carbocycles. The molecular weight excluding hydrogens is 272 g/mol. The standard InChI is InChI=1S/C7H3ClN4O2S2/c8-5-6(10-2-1-9-5)16-7-11-3-4(15-7)12(13)14/h1-3H. The number of halogens is 1. The lowest BCUT2D eigenvalue weighted by atomic mass is 10.8. The Balaban J connectivity index is 2.21. The number of aromatic nitrogens is 3. The molecule has 2 rings (SSSR count). The van der Waals surface area contributed by atoms with E-state index in [2.05, 4.69) is 15.0 Å². The fraction of sp³-hybridized carbons (Fsp3) is 0. The average molecular weight is 275 g/mol. The quantitative estimate of drug-likeness (QED) is 0.632. The van der Waals surface area contributed by atoms with Gasteiger partial charge in [-0.2, -0.15) is 0 Å². The van der Waals surface area contributed by atoms with Gasteiger partial charge in [-0.25, -0.2) is 15.0 Å². The van der Waals surface area contributed by atoms with E-state index >= 15 is 0 Å². The minimum Gasteiger partial charge on any atom is -0.257 e. The molecule has 0 unspecified atom stereocenters. The van der Waals surface area contributed by atoms with Crippen molar-refractivity contribution in [1.29, 1.82) is 0 Å². The summed E-state index contributed by atoms with van der Waals surface area (Å²) in [4.78, 5) is 21.7. The van der Waals surface area contributed by atoms with Crippen molar-refractivity contribution in [2.45, 2.75) is 9.37 Å². The molecule has 9 heteroatoms. The lowest BCUT2D eigenvalue weighted by Crippen LogP contribution is -1.83. The number of hydrogen-bond acceptors (Lipinski definition) is 7. The van der Waals surface area contributed by atoms with Crippen LogP contribution in [0.5, 0.6) is 0 Å². The summed E-state index contributed by atoms with van der Waals surface area (Å²) in [6.07, 6.45) is 4.17. The van der Waals surface area contributed by atoms with Crippen LogP contribution in [0.25, 0.3) is 0 Å².